The zero-order valence-corrected chi connectivity index (χ0v) is 14.2. The van der Waals surface area contributed by atoms with Crippen LogP contribution in [-0.4, -0.2) is 34.4 Å². The number of nitrogens with one attached hydrogen (secondary N) is 1. The first-order valence-corrected chi connectivity index (χ1v) is 8.20. The average Bonchev–Trinajstić information content (AvgIpc) is 3.08. The number of aromatic nitrogens is 3. The molecule has 2 aromatic rings. The van der Waals surface area contributed by atoms with Gasteiger partial charge in [-0.3, -0.25) is 4.79 Å². The van der Waals surface area contributed by atoms with Crippen LogP contribution in [0.2, 0.25) is 0 Å². The van der Waals surface area contributed by atoms with Crippen LogP contribution in [0, 0.1) is 0 Å². The Morgan fingerprint density at radius 2 is 2.12 bits per heavy atom. The molecule has 3 rings (SSSR count). The van der Waals surface area contributed by atoms with E-state index in [1.54, 1.807) is 11.0 Å². The van der Waals surface area contributed by atoms with Crippen LogP contribution in [-0.2, 0) is 4.79 Å². The Hall–Kier alpha value is -2.99. The summed E-state index contributed by atoms with van der Waals surface area (Å²) in [6.07, 6.45) is 5.96. The van der Waals surface area contributed by atoms with Crippen molar-refractivity contribution in [2.75, 3.05) is 18.0 Å². The number of nitrogens with zero attached hydrogens (tertiary/aromatic N) is 3. The number of carbonyl (C=O) groups excluding carboxylic acids is 1. The summed E-state index contributed by atoms with van der Waals surface area (Å²) in [5.41, 5.74) is 10.5. The maximum atomic E-state index is 12.8. The molecule has 3 N–H and O–H groups in total. The predicted octanol–water partition coefficient (Wildman–Crippen LogP) is 2.68. The standard InChI is InChI=1S/C19H21N5O/c1-3-7-13-12-24(17(25)10-11-20)16-9-6-5-8-15(16)19-18(14(13)4-2)21-23-22-19/h3-9H,2,10-12,20H2,1H3,(H,21,22,23)/b7-3-,14-13-. The van der Waals surface area contributed by atoms with Crippen LogP contribution in [0.25, 0.3) is 16.8 Å². The van der Waals surface area contributed by atoms with Crippen molar-refractivity contribution in [1.29, 1.82) is 0 Å². The fourth-order valence-corrected chi connectivity index (χ4v) is 3.06. The molecular weight excluding hydrogens is 314 g/mol. The Bertz CT molecular complexity index is 862. The molecule has 0 fully saturated rings. The summed E-state index contributed by atoms with van der Waals surface area (Å²) >= 11 is 0. The minimum Gasteiger partial charge on any atom is -0.330 e. The van der Waals surface area contributed by atoms with Gasteiger partial charge >= 0.3 is 0 Å². The van der Waals surface area contributed by atoms with E-state index in [0.29, 0.717) is 18.8 Å². The van der Waals surface area contributed by atoms with Crippen molar-refractivity contribution < 1.29 is 4.79 Å². The minimum atomic E-state index is -0.0210. The highest BCUT2D eigenvalue weighted by Gasteiger charge is 2.27. The van der Waals surface area contributed by atoms with E-state index in [-0.39, 0.29) is 12.3 Å². The molecule has 25 heavy (non-hydrogen) atoms. The van der Waals surface area contributed by atoms with E-state index in [2.05, 4.69) is 22.0 Å². The molecule has 1 aliphatic rings. The van der Waals surface area contributed by atoms with E-state index >= 15 is 0 Å². The number of fused-ring (bicyclic) bond motifs is 3. The van der Waals surface area contributed by atoms with E-state index in [1.807, 2.05) is 43.3 Å². The number of para-hydroxylation sites is 1. The number of anilines is 1. The SMILES string of the molecule is C=C/C1=C(\C=C/C)CN(C(=O)CCN)c2ccccc2-c2n[nH]nc21. The summed E-state index contributed by atoms with van der Waals surface area (Å²) in [7, 11) is 0. The number of H-pyrrole nitrogens is 1. The lowest BCUT2D eigenvalue weighted by molar-refractivity contribution is -0.118. The van der Waals surface area contributed by atoms with Gasteiger partial charge in [0.05, 0.1) is 12.2 Å². The smallest absolute Gasteiger partial charge is 0.228 e. The largest absolute Gasteiger partial charge is 0.330 e. The zero-order valence-electron chi connectivity index (χ0n) is 14.2. The Kier molecular flexibility index (Phi) is 4.90. The molecule has 1 aliphatic heterocycles. The fourth-order valence-electron chi connectivity index (χ4n) is 3.06. The van der Waals surface area contributed by atoms with Gasteiger partial charge in [-0.25, -0.2) is 0 Å². The number of benzene rings is 1. The molecule has 128 valence electrons. The Morgan fingerprint density at radius 1 is 1.36 bits per heavy atom. The number of nitrogens with two attached hydrogens (primary N) is 1. The highest BCUT2D eigenvalue weighted by atomic mass is 16.2. The van der Waals surface area contributed by atoms with Crippen molar-refractivity contribution in [3.8, 4) is 11.3 Å². The highest BCUT2D eigenvalue weighted by Crippen LogP contribution is 2.38. The number of aromatic amines is 1. The van der Waals surface area contributed by atoms with E-state index < -0.39 is 0 Å². The second-order valence-electron chi connectivity index (χ2n) is 5.70. The van der Waals surface area contributed by atoms with Gasteiger partial charge in [-0.05, 0) is 18.6 Å². The van der Waals surface area contributed by atoms with E-state index in [9.17, 15) is 4.79 Å². The summed E-state index contributed by atoms with van der Waals surface area (Å²) in [5, 5.41) is 11.4. The second kappa shape index (κ2) is 7.27. The third-order valence-corrected chi connectivity index (χ3v) is 4.16. The molecule has 0 atom stereocenters. The summed E-state index contributed by atoms with van der Waals surface area (Å²) in [6.45, 7) is 6.61. The number of hydrogen-bond acceptors (Lipinski definition) is 4. The van der Waals surface area contributed by atoms with Gasteiger partial charge in [-0.15, -0.1) is 0 Å². The van der Waals surface area contributed by atoms with Gasteiger partial charge in [-0.1, -0.05) is 43.0 Å². The number of carbonyl (C=O) groups is 1. The van der Waals surface area contributed by atoms with E-state index in [0.717, 1.165) is 28.1 Å². The molecule has 2 heterocycles. The van der Waals surface area contributed by atoms with Crippen molar-refractivity contribution >= 4 is 17.2 Å². The molecule has 0 aliphatic carbocycles. The zero-order chi connectivity index (χ0) is 17.8. The van der Waals surface area contributed by atoms with Gasteiger partial charge in [-0.2, -0.15) is 15.4 Å². The van der Waals surface area contributed by atoms with Crippen LogP contribution in [0.1, 0.15) is 19.0 Å². The molecule has 0 saturated heterocycles. The molecule has 0 saturated carbocycles. The highest BCUT2D eigenvalue weighted by molar-refractivity contribution is 6.01. The van der Waals surface area contributed by atoms with E-state index in [1.165, 1.54) is 0 Å². The molecule has 0 spiro atoms. The molecule has 0 radical (unpaired) electrons. The normalized spacial score (nSPS) is 17.0. The van der Waals surface area contributed by atoms with Crippen LogP contribution < -0.4 is 10.6 Å². The van der Waals surface area contributed by atoms with Gasteiger partial charge in [0.2, 0.25) is 5.91 Å². The molecule has 6 nitrogen and oxygen atoms in total. The third-order valence-electron chi connectivity index (χ3n) is 4.16. The Morgan fingerprint density at radius 3 is 2.84 bits per heavy atom. The van der Waals surface area contributed by atoms with Crippen LogP contribution in [0.3, 0.4) is 0 Å². The maximum Gasteiger partial charge on any atom is 0.228 e. The van der Waals surface area contributed by atoms with Gasteiger partial charge in [0.15, 0.2) is 0 Å². The molecular formula is C19H21N5O. The summed E-state index contributed by atoms with van der Waals surface area (Å²) < 4.78 is 0. The molecule has 0 bridgehead atoms. The van der Waals surface area contributed by atoms with Gasteiger partial charge in [0.1, 0.15) is 11.4 Å². The summed E-state index contributed by atoms with van der Waals surface area (Å²) in [4.78, 5) is 14.5. The van der Waals surface area contributed by atoms with Crippen molar-refractivity contribution in [3.63, 3.8) is 0 Å². The molecule has 0 unspecified atom stereocenters. The number of hydrogen-bond donors (Lipinski definition) is 2. The van der Waals surface area contributed by atoms with Crippen LogP contribution in [0.15, 0.2) is 54.6 Å². The van der Waals surface area contributed by atoms with Crippen LogP contribution >= 0.6 is 0 Å². The first-order valence-electron chi connectivity index (χ1n) is 8.20. The van der Waals surface area contributed by atoms with Gasteiger partial charge in [0, 0.05) is 24.1 Å². The van der Waals surface area contributed by atoms with Crippen LogP contribution in [0.5, 0.6) is 0 Å². The lowest BCUT2D eigenvalue weighted by atomic mass is 9.95. The lowest BCUT2D eigenvalue weighted by Gasteiger charge is -2.28. The lowest BCUT2D eigenvalue weighted by Crippen LogP contribution is -2.35. The number of amides is 1. The average molecular weight is 335 g/mol. The fraction of sp³-hybridized carbons (Fsp3) is 0.211. The van der Waals surface area contributed by atoms with Gasteiger partial charge < -0.3 is 10.6 Å². The molecule has 1 aromatic heterocycles. The topological polar surface area (TPSA) is 87.9 Å². The first-order chi connectivity index (χ1) is 12.2. The Balaban J connectivity index is 2.29. The summed E-state index contributed by atoms with van der Waals surface area (Å²) in [6, 6.07) is 7.71. The number of rotatable bonds is 4. The first kappa shape index (κ1) is 16.9. The van der Waals surface area contributed by atoms with Crippen LogP contribution in [0.4, 0.5) is 5.69 Å². The minimum absolute atomic E-state index is 0.0210. The van der Waals surface area contributed by atoms with Gasteiger partial charge in [0.25, 0.3) is 0 Å². The predicted molar refractivity (Wildman–Crippen MR) is 99.8 cm³/mol. The van der Waals surface area contributed by atoms with Crippen molar-refractivity contribution in [2.24, 2.45) is 5.73 Å². The molecule has 6 heteroatoms. The van der Waals surface area contributed by atoms with Crippen molar-refractivity contribution in [1.82, 2.24) is 15.4 Å². The van der Waals surface area contributed by atoms with Crippen molar-refractivity contribution in [3.05, 3.63) is 60.3 Å². The van der Waals surface area contributed by atoms with E-state index in [4.69, 9.17) is 5.73 Å². The summed E-state index contributed by atoms with van der Waals surface area (Å²) in [5.74, 6) is -0.0210. The Labute approximate surface area is 146 Å². The molecule has 1 aromatic carbocycles. The number of allylic oxidation sites excluding steroid dienone is 3. The van der Waals surface area contributed by atoms with Crippen molar-refractivity contribution in [2.45, 2.75) is 13.3 Å². The second-order valence-corrected chi connectivity index (χ2v) is 5.70. The monoisotopic (exact) mass is 335 g/mol. The third kappa shape index (κ3) is 3.04. The molecule has 1 amide bonds. The maximum absolute atomic E-state index is 12.8. The quantitative estimate of drug-likeness (QED) is 0.899.